The van der Waals surface area contributed by atoms with E-state index in [0.29, 0.717) is 12.3 Å². The zero-order valence-corrected chi connectivity index (χ0v) is 15.0. The van der Waals surface area contributed by atoms with Crippen LogP contribution >= 0.6 is 15.9 Å². The van der Waals surface area contributed by atoms with Crippen molar-refractivity contribution in [2.75, 3.05) is 46.5 Å². The number of methoxy groups -OCH3 is 1. The number of nitrogens with one attached hydrogen (secondary N) is 1. The first kappa shape index (κ1) is 17.7. The Labute approximate surface area is 140 Å². The van der Waals surface area contributed by atoms with Crippen LogP contribution in [-0.4, -0.2) is 59.8 Å². The van der Waals surface area contributed by atoms with Gasteiger partial charge in [0.15, 0.2) is 0 Å². The molecule has 0 bridgehead atoms. The predicted octanol–water partition coefficient (Wildman–Crippen LogP) is 1.46. The van der Waals surface area contributed by atoms with E-state index in [2.05, 4.69) is 25.6 Å². The summed E-state index contributed by atoms with van der Waals surface area (Å²) in [5.74, 6) is 0.496. The summed E-state index contributed by atoms with van der Waals surface area (Å²) in [5, 5.41) is 0. The van der Waals surface area contributed by atoms with Gasteiger partial charge in [0.05, 0.1) is 29.7 Å². The number of morpholine rings is 1. The van der Waals surface area contributed by atoms with E-state index in [1.54, 1.807) is 12.1 Å². The third-order valence-corrected chi connectivity index (χ3v) is 5.59. The predicted molar refractivity (Wildman–Crippen MR) is 87.8 cm³/mol. The minimum atomic E-state index is -3.51. The van der Waals surface area contributed by atoms with E-state index in [9.17, 15) is 8.42 Å². The van der Waals surface area contributed by atoms with Crippen molar-refractivity contribution in [2.24, 2.45) is 0 Å². The number of hydrogen-bond donors (Lipinski definition) is 1. The van der Waals surface area contributed by atoms with Gasteiger partial charge in [-0.25, -0.2) is 13.1 Å². The molecule has 1 aliphatic rings. The van der Waals surface area contributed by atoms with E-state index < -0.39 is 10.0 Å². The quantitative estimate of drug-likeness (QED) is 0.711. The summed E-state index contributed by atoms with van der Waals surface area (Å²) in [6, 6.07) is 4.73. The molecular weight excluding hydrogens is 372 g/mol. The highest BCUT2D eigenvalue weighted by Crippen LogP contribution is 2.27. The summed E-state index contributed by atoms with van der Waals surface area (Å²) in [7, 11) is -2.00. The number of halogens is 1. The number of rotatable bonds is 7. The number of benzene rings is 1. The zero-order valence-electron chi connectivity index (χ0n) is 12.5. The van der Waals surface area contributed by atoms with Crippen molar-refractivity contribution in [3.63, 3.8) is 0 Å². The highest BCUT2D eigenvalue weighted by atomic mass is 79.9. The third kappa shape index (κ3) is 4.92. The van der Waals surface area contributed by atoms with Crippen LogP contribution in [-0.2, 0) is 14.8 Å². The molecule has 1 aromatic carbocycles. The first-order chi connectivity index (χ1) is 10.5. The summed E-state index contributed by atoms with van der Waals surface area (Å²) in [5.41, 5.74) is 0. The van der Waals surface area contributed by atoms with Crippen LogP contribution < -0.4 is 9.46 Å². The standard InChI is InChI=1S/C14H21BrN2O4S/c1-20-14-11-12(3-4-13(14)15)22(18,19)16-5-2-6-17-7-9-21-10-8-17/h3-4,11,16H,2,5-10H2,1H3. The Bertz CT molecular complexity index is 589. The first-order valence-electron chi connectivity index (χ1n) is 7.16. The maximum Gasteiger partial charge on any atom is 0.240 e. The lowest BCUT2D eigenvalue weighted by Gasteiger charge is -2.26. The average Bonchev–Trinajstić information content (AvgIpc) is 2.53. The largest absolute Gasteiger partial charge is 0.496 e. The molecule has 0 aliphatic carbocycles. The number of nitrogens with zero attached hydrogens (tertiary/aromatic N) is 1. The fourth-order valence-electron chi connectivity index (χ4n) is 2.22. The smallest absolute Gasteiger partial charge is 0.240 e. The second-order valence-corrected chi connectivity index (χ2v) is 7.62. The Kier molecular flexibility index (Phi) is 6.64. The van der Waals surface area contributed by atoms with E-state index in [4.69, 9.17) is 9.47 Å². The van der Waals surface area contributed by atoms with Crippen LogP contribution in [0.2, 0.25) is 0 Å². The van der Waals surface area contributed by atoms with Gasteiger partial charge in [0.25, 0.3) is 0 Å². The summed E-state index contributed by atoms with van der Waals surface area (Å²) >= 11 is 3.31. The van der Waals surface area contributed by atoms with Gasteiger partial charge >= 0.3 is 0 Å². The molecule has 22 heavy (non-hydrogen) atoms. The summed E-state index contributed by atoms with van der Waals surface area (Å²) in [4.78, 5) is 2.49. The van der Waals surface area contributed by atoms with E-state index >= 15 is 0 Å². The Morgan fingerprint density at radius 3 is 2.77 bits per heavy atom. The van der Waals surface area contributed by atoms with Gasteiger partial charge in [-0.05, 0) is 41.0 Å². The average molecular weight is 393 g/mol. The van der Waals surface area contributed by atoms with Gasteiger partial charge in [-0.1, -0.05) is 0 Å². The second kappa shape index (κ2) is 8.26. The molecule has 1 N–H and O–H groups in total. The van der Waals surface area contributed by atoms with Gasteiger partial charge in [-0.3, -0.25) is 4.90 Å². The van der Waals surface area contributed by atoms with Crippen LogP contribution in [0.1, 0.15) is 6.42 Å². The van der Waals surface area contributed by atoms with Crippen LogP contribution in [0.4, 0.5) is 0 Å². The van der Waals surface area contributed by atoms with Gasteiger partial charge in [0.2, 0.25) is 10.0 Å². The molecule has 0 spiro atoms. The number of sulfonamides is 1. The van der Waals surface area contributed by atoms with Crippen molar-refractivity contribution in [3.8, 4) is 5.75 Å². The van der Waals surface area contributed by atoms with Crippen molar-refractivity contribution in [1.82, 2.24) is 9.62 Å². The monoisotopic (exact) mass is 392 g/mol. The minimum Gasteiger partial charge on any atom is -0.496 e. The van der Waals surface area contributed by atoms with Crippen molar-refractivity contribution in [3.05, 3.63) is 22.7 Å². The molecule has 6 nitrogen and oxygen atoms in total. The Hall–Kier alpha value is -0.670. The third-order valence-electron chi connectivity index (χ3n) is 3.48. The summed E-state index contributed by atoms with van der Waals surface area (Å²) in [6.45, 7) is 4.62. The Morgan fingerprint density at radius 2 is 2.09 bits per heavy atom. The number of ether oxygens (including phenoxy) is 2. The topological polar surface area (TPSA) is 67.9 Å². The molecule has 1 fully saturated rings. The Balaban J connectivity index is 1.85. The maximum absolute atomic E-state index is 12.2. The lowest BCUT2D eigenvalue weighted by Crippen LogP contribution is -2.38. The van der Waals surface area contributed by atoms with E-state index in [1.807, 2.05) is 0 Å². The van der Waals surface area contributed by atoms with Crippen molar-refractivity contribution in [1.29, 1.82) is 0 Å². The summed E-state index contributed by atoms with van der Waals surface area (Å²) in [6.07, 6.45) is 0.771. The fraction of sp³-hybridized carbons (Fsp3) is 0.571. The first-order valence-corrected chi connectivity index (χ1v) is 9.44. The maximum atomic E-state index is 12.2. The molecule has 0 aromatic heterocycles. The molecule has 1 aliphatic heterocycles. The SMILES string of the molecule is COc1cc(S(=O)(=O)NCCCN2CCOCC2)ccc1Br. The van der Waals surface area contributed by atoms with Gasteiger partial charge in [-0.15, -0.1) is 0 Å². The molecule has 1 heterocycles. The van der Waals surface area contributed by atoms with Crippen LogP contribution in [0.3, 0.4) is 0 Å². The minimum absolute atomic E-state index is 0.207. The molecule has 124 valence electrons. The Morgan fingerprint density at radius 1 is 1.36 bits per heavy atom. The van der Waals surface area contributed by atoms with E-state index in [-0.39, 0.29) is 4.90 Å². The van der Waals surface area contributed by atoms with Crippen molar-refractivity contribution < 1.29 is 17.9 Å². The molecule has 0 saturated carbocycles. The second-order valence-electron chi connectivity index (χ2n) is 5.00. The molecule has 1 aromatic rings. The number of hydrogen-bond acceptors (Lipinski definition) is 5. The summed E-state index contributed by atoms with van der Waals surface area (Å²) < 4.78 is 38.3. The molecule has 0 radical (unpaired) electrons. The lowest BCUT2D eigenvalue weighted by molar-refractivity contribution is 0.0376. The molecule has 8 heteroatoms. The van der Waals surface area contributed by atoms with Crippen molar-refractivity contribution >= 4 is 26.0 Å². The van der Waals surface area contributed by atoms with Crippen LogP contribution in [0.5, 0.6) is 5.75 Å². The molecular formula is C14H21BrN2O4S. The normalized spacial score (nSPS) is 16.6. The molecule has 0 atom stereocenters. The highest BCUT2D eigenvalue weighted by molar-refractivity contribution is 9.10. The van der Waals surface area contributed by atoms with E-state index in [0.717, 1.165) is 43.7 Å². The van der Waals surface area contributed by atoms with Gasteiger partial charge < -0.3 is 9.47 Å². The van der Waals surface area contributed by atoms with Crippen LogP contribution in [0, 0.1) is 0 Å². The van der Waals surface area contributed by atoms with Crippen molar-refractivity contribution in [2.45, 2.75) is 11.3 Å². The zero-order chi connectivity index (χ0) is 16.0. The lowest BCUT2D eigenvalue weighted by atomic mass is 10.3. The molecule has 0 amide bonds. The fourth-order valence-corrected chi connectivity index (χ4v) is 3.72. The van der Waals surface area contributed by atoms with E-state index in [1.165, 1.54) is 13.2 Å². The molecule has 1 saturated heterocycles. The molecule has 0 unspecified atom stereocenters. The van der Waals surface area contributed by atoms with Gasteiger partial charge in [0.1, 0.15) is 5.75 Å². The van der Waals surface area contributed by atoms with Gasteiger partial charge in [0, 0.05) is 25.7 Å². The molecule has 2 rings (SSSR count). The van der Waals surface area contributed by atoms with Gasteiger partial charge in [-0.2, -0.15) is 0 Å². The van der Waals surface area contributed by atoms with Crippen LogP contribution in [0.25, 0.3) is 0 Å². The highest BCUT2D eigenvalue weighted by Gasteiger charge is 2.16. The van der Waals surface area contributed by atoms with Crippen LogP contribution in [0.15, 0.2) is 27.6 Å².